The maximum atomic E-state index is 13.8. The predicted molar refractivity (Wildman–Crippen MR) is 96.6 cm³/mol. The second-order valence-corrected chi connectivity index (χ2v) is 7.06. The van der Waals surface area contributed by atoms with Gasteiger partial charge in [-0.2, -0.15) is 0 Å². The van der Waals surface area contributed by atoms with E-state index in [9.17, 15) is 22.8 Å². The lowest BCUT2D eigenvalue weighted by atomic mass is 10.1. The van der Waals surface area contributed by atoms with Crippen LogP contribution in [0.1, 0.15) is 15.9 Å². The van der Waals surface area contributed by atoms with Gasteiger partial charge in [0, 0.05) is 36.7 Å². The highest BCUT2D eigenvalue weighted by Gasteiger charge is 2.26. The van der Waals surface area contributed by atoms with E-state index in [2.05, 4.69) is 15.9 Å². The highest BCUT2D eigenvalue weighted by atomic mass is 79.9. The van der Waals surface area contributed by atoms with Crippen LogP contribution in [0.2, 0.25) is 0 Å². The van der Waals surface area contributed by atoms with Gasteiger partial charge in [-0.05, 0) is 35.9 Å². The van der Waals surface area contributed by atoms with Crippen molar-refractivity contribution in [1.82, 2.24) is 9.80 Å². The third-order valence-corrected chi connectivity index (χ3v) is 5.20. The van der Waals surface area contributed by atoms with Crippen molar-refractivity contribution in [1.29, 1.82) is 0 Å². The van der Waals surface area contributed by atoms with E-state index in [1.165, 1.54) is 17.0 Å². The molecule has 2 amide bonds. The average molecular weight is 441 g/mol. The molecule has 27 heavy (non-hydrogen) atoms. The Morgan fingerprint density at radius 1 is 0.889 bits per heavy atom. The van der Waals surface area contributed by atoms with Crippen molar-refractivity contribution in [3.05, 3.63) is 69.4 Å². The van der Waals surface area contributed by atoms with Gasteiger partial charge in [-0.3, -0.25) is 9.59 Å². The molecule has 0 saturated carbocycles. The highest BCUT2D eigenvalue weighted by Crippen LogP contribution is 2.20. The molecule has 1 fully saturated rings. The van der Waals surface area contributed by atoms with Crippen molar-refractivity contribution >= 4 is 27.7 Å². The molecule has 0 atom stereocenters. The van der Waals surface area contributed by atoms with E-state index in [0.29, 0.717) is 29.2 Å². The number of benzene rings is 2. The zero-order valence-electron chi connectivity index (χ0n) is 14.2. The minimum atomic E-state index is -0.908. The molecule has 0 aromatic heterocycles. The number of halogens is 4. The van der Waals surface area contributed by atoms with Crippen LogP contribution in [0.3, 0.4) is 0 Å². The summed E-state index contributed by atoms with van der Waals surface area (Å²) in [7, 11) is 0. The summed E-state index contributed by atoms with van der Waals surface area (Å²) in [5.41, 5.74) is 0.353. The zero-order chi connectivity index (χ0) is 19.6. The molecule has 142 valence electrons. The number of hydrogen-bond acceptors (Lipinski definition) is 2. The minimum absolute atomic E-state index is 0.0406. The first-order valence-corrected chi connectivity index (χ1v) is 9.10. The van der Waals surface area contributed by atoms with Crippen LogP contribution in [-0.2, 0) is 11.2 Å². The average Bonchev–Trinajstić information content (AvgIpc) is 2.64. The number of hydrogen-bond donors (Lipinski definition) is 0. The van der Waals surface area contributed by atoms with E-state index < -0.39 is 23.4 Å². The minimum Gasteiger partial charge on any atom is -0.339 e. The number of carbonyl (C=O) groups excluding carboxylic acids is 2. The molecule has 4 nitrogen and oxygen atoms in total. The van der Waals surface area contributed by atoms with E-state index in [-0.39, 0.29) is 31.0 Å². The molecule has 0 radical (unpaired) electrons. The molecule has 0 bridgehead atoms. The molecule has 3 rings (SSSR count). The molecular formula is C19H16BrF3N2O2. The van der Waals surface area contributed by atoms with E-state index in [1.54, 1.807) is 11.0 Å². The van der Waals surface area contributed by atoms with Crippen LogP contribution in [0.4, 0.5) is 13.2 Å². The lowest BCUT2D eigenvalue weighted by molar-refractivity contribution is -0.131. The summed E-state index contributed by atoms with van der Waals surface area (Å²) in [5.74, 6) is -2.79. The highest BCUT2D eigenvalue weighted by molar-refractivity contribution is 9.10. The predicted octanol–water partition coefficient (Wildman–Crippen LogP) is 3.39. The Kier molecular flexibility index (Phi) is 5.84. The van der Waals surface area contributed by atoms with Crippen LogP contribution in [0.5, 0.6) is 0 Å². The van der Waals surface area contributed by atoms with Gasteiger partial charge in [-0.1, -0.05) is 15.9 Å². The molecule has 0 aliphatic carbocycles. The van der Waals surface area contributed by atoms with Gasteiger partial charge >= 0.3 is 0 Å². The Morgan fingerprint density at radius 3 is 2.15 bits per heavy atom. The Bertz CT molecular complexity index is 883. The number of carbonyl (C=O) groups is 2. The van der Waals surface area contributed by atoms with Crippen molar-refractivity contribution in [2.75, 3.05) is 26.2 Å². The van der Waals surface area contributed by atoms with Gasteiger partial charge in [0.1, 0.15) is 17.5 Å². The first-order chi connectivity index (χ1) is 12.8. The SMILES string of the molecule is O=C(Cc1cc(F)ccc1Br)N1CCN(C(=O)c2ccc(F)cc2F)CC1. The first kappa shape index (κ1) is 19.4. The summed E-state index contributed by atoms with van der Waals surface area (Å²) in [6, 6.07) is 6.98. The van der Waals surface area contributed by atoms with E-state index >= 15 is 0 Å². The molecule has 0 unspecified atom stereocenters. The number of rotatable bonds is 3. The van der Waals surface area contributed by atoms with Crippen LogP contribution in [-0.4, -0.2) is 47.8 Å². The van der Waals surface area contributed by atoms with E-state index in [0.717, 1.165) is 12.1 Å². The monoisotopic (exact) mass is 440 g/mol. The Balaban J connectivity index is 1.60. The van der Waals surface area contributed by atoms with Crippen molar-refractivity contribution in [2.45, 2.75) is 6.42 Å². The Morgan fingerprint density at radius 2 is 1.48 bits per heavy atom. The number of amides is 2. The van der Waals surface area contributed by atoms with Crippen LogP contribution in [0.15, 0.2) is 40.9 Å². The maximum absolute atomic E-state index is 13.8. The van der Waals surface area contributed by atoms with Gasteiger partial charge in [0.25, 0.3) is 5.91 Å². The molecule has 1 aliphatic heterocycles. The third-order valence-electron chi connectivity index (χ3n) is 4.43. The van der Waals surface area contributed by atoms with E-state index in [1.807, 2.05) is 0 Å². The fourth-order valence-electron chi connectivity index (χ4n) is 2.95. The third kappa shape index (κ3) is 4.50. The zero-order valence-corrected chi connectivity index (χ0v) is 15.8. The van der Waals surface area contributed by atoms with Gasteiger partial charge in [0.05, 0.1) is 12.0 Å². The lowest BCUT2D eigenvalue weighted by Gasteiger charge is -2.35. The molecule has 0 spiro atoms. The van der Waals surface area contributed by atoms with Crippen molar-refractivity contribution in [2.24, 2.45) is 0 Å². The molecule has 8 heteroatoms. The van der Waals surface area contributed by atoms with Crippen molar-refractivity contribution in [3.8, 4) is 0 Å². The summed E-state index contributed by atoms with van der Waals surface area (Å²) in [6.07, 6.45) is 0.0406. The van der Waals surface area contributed by atoms with Crippen molar-refractivity contribution < 1.29 is 22.8 Å². The van der Waals surface area contributed by atoms with E-state index in [4.69, 9.17) is 0 Å². The second-order valence-electron chi connectivity index (χ2n) is 6.21. The smallest absolute Gasteiger partial charge is 0.256 e. The van der Waals surface area contributed by atoms with Gasteiger partial charge in [0.2, 0.25) is 5.91 Å². The summed E-state index contributed by atoms with van der Waals surface area (Å²) in [6.45, 7) is 1.07. The number of nitrogens with zero attached hydrogens (tertiary/aromatic N) is 2. The maximum Gasteiger partial charge on any atom is 0.256 e. The largest absolute Gasteiger partial charge is 0.339 e. The Hall–Kier alpha value is -2.35. The van der Waals surface area contributed by atoms with Gasteiger partial charge in [-0.25, -0.2) is 13.2 Å². The molecule has 0 N–H and O–H groups in total. The topological polar surface area (TPSA) is 40.6 Å². The Labute approximate surface area is 162 Å². The summed E-state index contributed by atoms with van der Waals surface area (Å²) < 4.78 is 40.8. The second kappa shape index (κ2) is 8.12. The van der Waals surface area contributed by atoms with Gasteiger partial charge in [-0.15, -0.1) is 0 Å². The van der Waals surface area contributed by atoms with Crippen LogP contribution >= 0.6 is 15.9 Å². The van der Waals surface area contributed by atoms with Crippen LogP contribution in [0.25, 0.3) is 0 Å². The normalized spacial score (nSPS) is 14.4. The van der Waals surface area contributed by atoms with Gasteiger partial charge < -0.3 is 9.80 Å². The number of piperazine rings is 1. The fraction of sp³-hybridized carbons (Fsp3) is 0.263. The molecule has 1 heterocycles. The molecular weight excluding hydrogens is 425 g/mol. The molecule has 1 aliphatic rings. The van der Waals surface area contributed by atoms with Crippen LogP contribution < -0.4 is 0 Å². The molecule has 2 aromatic carbocycles. The molecule has 1 saturated heterocycles. The van der Waals surface area contributed by atoms with Gasteiger partial charge in [0.15, 0.2) is 0 Å². The lowest BCUT2D eigenvalue weighted by Crippen LogP contribution is -2.51. The van der Waals surface area contributed by atoms with Crippen LogP contribution in [0, 0.1) is 17.5 Å². The standard InChI is InChI=1S/C19H16BrF3N2O2/c20-16-4-2-13(21)9-12(16)10-18(26)24-5-7-25(8-6-24)19(27)15-3-1-14(22)11-17(15)23/h1-4,9,11H,5-8,10H2. The summed E-state index contributed by atoms with van der Waals surface area (Å²) >= 11 is 3.30. The molecule has 2 aromatic rings. The summed E-state index contributed by atoms with van der Waals surface area (Å²) in [5, 5.41) is 0. The first-order valence-electron chi connectivity index (χ1n) is 8.31. The van der Waals surface area contributed by atoms with Crippen molar-refractivity contribution in [3.63, 3.8) is 0 Å². The fourth-order valence-corrected chi connectivity index (χ4v) is 3.33. The summed E-state index contributed by atoms with van der Waals surface area (Å²) in [4.78, 5) is 27.9. The quantitative estimate of drug-likeness (QED) is 0.733.